The van der Waals surface area contributed by atoms with Crippen LogP contribution in [0, 0.1) is 11.3 Å². The first kappa shape index (κ1) is 12.2. The number of nitrogens with zero attached hydrogens (tertiary/aromatic N) is 3. The maximum Gasteiger partial charge on any atom is 0.131 e. The van der Waals surface area contributed by atoms with Gasteiger partial charge in [-0.25, -0.2) is 9.97 Å². The summed E-state index contributed by atoms with van der Waals surface area (Å²) in [4.78, 5) is 8.22. The van der Waals surface area contributed by atoms with Gasteiger partial charge in [0.05, 0.1) is 16.7 Å². The van der Waals surface area contributed by atoms with E-state index in [1.165, 1.54) is 17.8 Å². The van der Waals surface area contributed by atoms with Crippen LogP contribution in [0.3, 0.4) is 0 Å². The molecular formula is C11H5Cl2N3S. The van der Waals surface area contributed by atoms with Gasteiger partial charge >= 0.3 is 0 Å². The molecule has 0 aliphatic rings. The minimum Gasteiger partial charge on any atom is -0.248 e. The second-order valence-corrected chi connectivity index (χ2v) is 4.82. The van der Waals surface area contributed by atoms with Gasteiger partial charge in [0.15, 0.2) is 0 Å². The Hall–Kier alpha value is -1.28. The molecule has 17 heavy (non-hydrogen) atoms. The summed E-state index contributed by atoms with van der Waals surface area (Å²) in [6, 6.07) is 8.65. The van der Waals surface area contributed by atoms with Crippen LogP contribution in [0.4, 0.5) is 0 Å². The van der Waals surface area contributed by atoms with E-state index in [0.29, 0.717) is 20.6 Å². The van der Waals surface area contributed by atoms with Crippen molar-refractivity contribution in [3.63, 3.8) is 0 Å². The topological polar surface area (TPSA) is 49.6 Å². The lowest BCUT2D eigenvalue weighted by Crippen LogP contribution is -1.86. The number of pyridine rings is 2. The second kappa shape index (κ2) is 5.37. The Morgan fingerprint density at radius 1 is 1.29 bits per heavy atom. The van der Waals surface area contributed by atoms with Crippen molar-refractivity contribution in [1.29, 1.82) is 5.26 Å². The lowest BCUT2D eigenvalue weighted by atomic mass is 10.3. The molecule has 0 amide bonds. The number of hydrogen-bond acceptors (Lipinski definition) is 4. The predicted molar refractivity (Wildman–Crippen MR) is 67.3 cm³/mol. The molecule has 0 aromatic carbocycles. The van der Waals surface area contributed by atoms with E-state index in [0.717, 1.165) is 0 Å². The zero-order valence-corrected chi connectivity index (χ0v) is 10.7. The van der Waals surface area contributed by atoms with Gasteiger partial charge in [-0.15, -0.1) is 0 Å². The molecule has 0 saturated carbocycles. The maximum absolute atomic E-state index is 8.82. The van der Waals surface area contributed by atoms with E-state index >= 15 is 0 Å². The van der Waals surface area contributed by atoms with E-state index in [2.05, 4.69) is 9.97 Å². The number of aromatic nitrogens is 2. The Bertz CT molecular complexity index is 596. The predicted octanol–water partition coefficient (Wildman–Crippen LogP) is 3.81. The first-order chi connectivity index (χ1) is 8.19. The van der Waals surface area contributed by atoms with Gasteiger partial charge in [0.2, 0.25) is 0 Å². The van der Waals surface area contributed by atoms with Gasteiger partial charge in [-0.05, 0) is 36.0 Å². The van der Waals surface area contributed by atoms with Crippen LogP contribution in [0.5, 0.6) is 0 Å². The van der Waals surface area contributed by atoms with E-state index in [1.807, 2.05) is 6.07 Å². The van der Waals surface area contributed by atoms with E-state index < -0.39 is 0 Å². The van der Waals surface area contributed by atoms with Crippen LogP contribution in [0.2, 0.25) is 10.2 Å². The van der Waals surface area contributed by atoms with Crippen molar-refractivity contribution >= 4 is 35.0 Å². The Balaban J connectivity index is 2.34. The van der Waals surface area contributed by atoms with Gasteiger partial charge in [-0.2, -0.15) is 5.26 Å². The molecule has 0 N–H and O–H groups in total. The number of rotatable bonds is 2. The molecule has 2 aromatic rings. The molecule has 0 bridgehead atoms. The summed E-state index contributed by atoms with van der Waals surface area (Å²) in [6.07, 6.45) is 1.64. The average molecular weight is 282 g/mol. The fraction of sp³-hybridized carbons (Fsp3) is 0. The summed E-state index contributed by atoms with van der Waals surface area (Å²) in [7, 11) is 0. The van der Waals surface area contributed by atoms with Gasteiger partial charge in [0, 0.05) is 6.20 Å². The SMILES string of the molecule is N#Cc1cc(Cl)nc(Sc2ncccc2Cl)c1. The minimum absolute atomic E-state index is 0.276. The summed E-state index contributed by atoms with van der Waals surface area (Å²) < 4.78 is 0. The lowest BCUT2D eigenvalue weighted by Gasteiger charge is -2.02. The van der Waals surface area contributed by atoms with Crippen molar-refractivity contribution in [3.05, 3.63) is 46.2 Å². The van der Waals surface area contributed by atoms with Crippen LogP contribution in [0.25, 0.3) is 0 Å². The van der Waals surface area contributed by atoms with Crippen molar-refractivity contribution in [2.24, 2.45) is 0 Å². The molecule has 0 saturated heterocycles. The third-order valence-corrected chi connectivity index (χ3v) is 3.37. The third-order valence-electron chi connectivity index (χ3n) is 1.83. The van der Waals surface area contributed by atoms with Crippen LogP contribution in [-0.2, 0) is 0 Å². The molecule has 0 radical (unpaired) electrons. The molecule has 2 aromatic heterocycles. The van der Waals surface area contributed by atoms with Gasteiger partial charge in [0.25, 0.3) is 0 Å². The van der Waals surface area contributed by atoms with Crippen molar-refractivity contribution in [2.75, 3.05) is 0 Å². The highest BCUT2D eigenvalue weighted by Crippen LogP contribution is 2.31. The van der Waals surface area contributed by atoms with E-state index in [-0.39, 0.29) is 5.15 Å². The molecule has 84 valence electrons. The molecule has 0 aliphatic heterocycles. The molecule has 0 atom stereocenters. The highest BCUT2D eigenvalue weighted by molar-refractivity contribution is 7.99. The molecular weight excluding hydrogens is 277 g/mol. The second-order valence-electron chi connectivity index (χ2n) is 3.02. The fourth-order valence-corrected chi connectivity index (χ4v) is 2.44. The summed E-state index contributed by atoms with van der Waals surface area (Å²) in [5.74, 6) is 0. The van der Waals surface area contributed by atoms with Crippen LogP contribution in [0.15, 0.2) is 40.5 Å². The fourth-order valence-electron chi connectivity index (χ4n) is 1.14. The highest BCUT2D eigenvalue weighted by atomic mass is 35.5. The quantitative estimate of drug-likeness (QED) is 0.786. The average Bonchev–Trinajstić information content (AvgIpc) is 2.31. The largest absolute Gasteiger partial charge is 0.248 e. The molecule has 0 fully saturated rings. The Morgan fingerprint density at radius 3 is 2.82 bits per heavy atom. The standard InChI is InChI=1S/C11H5Cl2N3S/c12-8-2-1-3-15-11(8)17-10-5-7(6-14)4-9(13)16-10/h1-5H. The van der Waals surface area contributed by atoms with Crippen LogP contribution in [0.1, 0.15) is 5.56 Å². The Labute approximate surface area is 112 Å². The zero-order valence-electron chi connectivity index (χ0n) is 8.39. The molecule has 2 heterocycles. The van der Waals surface area contributed by atoms with Crippen LogP contribution < -0.4 is 0 Å². The molecule has 0 aliphatic carbocycles. The zero-order chi connectivity index (χ0) is 12.3. The number of nitriles is 1. The summed E-state index contributed by atoms with van der Waals surface area (Å²) in [5, 5.41) is 10.9. The first-order valence-electron chi connectivity index (χ1n) is 4.55. The van der Waals surface area contributed by atoms with Crippen molar-refractivity contribution in [3.8, 4) is 6.07 Å². The molecule has 3 nitrogen and oxygen atoms in total. The molecule has 0 unspecified atom stereocenters. The first-order valence-corrected chi connectivity index (χ1v) is 6.12. The summed E-state index contributed by atoms with van der Waals surface area (Å²) in [6.45, 7) is 0. The Morgan fingerprint density at radius 2 is 2.12 bits per heavy atom. The monoisotopic (exact) mass is 281 g/mol. The normalized spacial score (nSPS) is 9.94. The van der Waals surface area contributed by atoms with Crippen molar-refractivity contribution < 1.29 is 0 Å². The van der Waals surface area contributed by atoms with E-state index in [4.69, 9.17) is 28.5 Å². The minimum atomic E-state index is 0.276. The third kappa shape index (κ3) is 3.10. The summed E-state index contributed by atoms with van der Waals surface area (Å²) in [5.41, 5.74) is 0.458. The van der Waals surface area contributed by atoms with Crippen molar-refractivity contribution in [2.45, 2.75) is 10.1 Å². The van der Waals surface area contributed by atoms with Gasteiger partial charge in [-0.1, -0.05) is 23.2 Å². The Kier molecular flexibility index (Phi) is 3.85. The number of halogens is 2. The summed E-state index contributed by atoms with van der Waals surface area (Å²) >= 11 is 13.1. The molecule has 6 heteroatoms. The van der Waals surface area contributed by atoms with Crippen LogP contribution in [-0.4, -0.2) is 9.97 Å². The lowest BCUT2D eigenvalue weighted by molar-refractivity contribution is 1.09. The van der Waals surface area contributed by atoms with Gasteiger partial charge in [0.1, 0.15) is 15.2 Å². The van der Waals surface area contributed by atoms with E-state index in [9.17, 15) is 0 Å². The van der Waals surface area contributed by atoms with Crippen LogP contribution >= 0.6 is 35.0 Å². The van der Waals surface area contributed by atoms with E-state index in [1.54, 1.807) is 24.4 Å². The number of hydrogen-bond donors (Lipinski definition) is 0. The highest BCUT2D eigenvalue weighted by Gasteiger charge is 2.07. The van der Waals surface area contributed by atoms with Gasteiger partial charge in [-0.3, -0.25) is 0 Å². The van der Waals surface area contributed by atoms with Crippen molar-refractivity contribution in [1.82, 2.24) is 9.97 Å². The molecule has 2 rings (SSSR count). The van der Waals surface area contributed by atoms with Gasteiger partial charge < -0.3 is 0 Å². The molecule has 0 spiro atoms. The maximum atomic E-state index is 8.82. The smallest absolute Gasteiger partial charge is 0.131 e.